The molecule has 2 aromatic carbocycles. The van der Waals surface area contributed by atoms with Crippen molar-refractivity contribution in [3.05, 3.63) is 62.7 Å². The maximum atomic E-state index is 12.6. The molecule has 9 heteroatoms. The Balaban J connectivity index is 1.63. The first kappa shape index (κ1) is 21.4. The number of sulfonamides is 1. The van der Waals surface area contributed by atoms with E-state index in [4.69, 9.17) is 11.6 Å². The third-order valence-corrected chi connectivity index (χ3v) is 7.92. The van der Waals surface area contributed by atoms with E-state index in [0.717, 1.165) is 33.2 Å². The van der Waals surface area contributed by atoms with E-state index in [0.29, 0.717) is 17.0 Å². The summed E-state index contributed by atoms with van der Waals surface area (Å²) in [5.41, 5.74) is 1.80. The molecule has 28 heavy (non-hydrogen) atoms. The maximum absolute atomic E-state index is 12.6. The van der Waals surface area contributed by atoms with E-state index in [9.17, 15) is 13.2 Å². The molecule has 0 bridgehead atoms. The first-order valence-corrected chi connectivity index (χ1v) is 12.6. The number of hydrogen-bond donors (Lipinski definition) is 1. The number of halogens is 1. The van der Waals surface area contributed by atoms with Crippen LogP contribution in [0.5, 0.6) is 0 Å². The maximum Gasteiger partial charge on any atom is 0.308 e. The molecule has 150 valence electrons. The van der Waals surface area contributed by atoms with Gasteiger partial charge in [-0.05, 0) is 43.7 Å². The van der Waals surface area contributed by atoms with Crippen LogP contribution in [0.3, 0.4) is 0 Å². The Kier molecular flexibility index (Phi) is 6.88. The minimum absolute atomic E-state index is 0.0250. The number of thiazole rings is 1. The highest BCUT2D eigenvalue weighted by molar-refractivity contribution is 7.98. The summed E-state index contributed by atoms with van der Waals surface area (Å²) in [6, 6.07) is 12.5. The summed E-state index contributed by atoms with van der Waals surface area (Å²) in [6.07, 6.45) is 0. The standard InChI is InChI=1S/C19H21ClN2O3S3/c1-13(2)22-17-8-7-15(11-18(17)27-19(22)23)28(24,25)21-9-10-26-12-14-5-3-4-6-16(14)20/h3-8,11,13,21H,9-10,12H2,1-2H3. The van der Waals surface area contributed by atoms with Crippen LogP contribution >= 0.6 is 34.7 Å². The van der Waals surface area contributed by atoms with Crippen molar-refractivity contribution >= 4 is 54.9 Å². The van der Waals surface area contributed by atoms with Crippen LogP contribution in [0.2, 0.25) is 5.02 Å². The molecule has 3 rings (SSSR count). The molecule has 0 saturated heterocycles. The smallest absolute Gasteiger partial charge is 0.296 e. The zero-order chi connectivity index (χ0) is 20.3. The summed E-state index contributed by atoms with van der Waals surface area (Å²) < 4.78 is 30.1. The van der Waals surface area contributed by atoms with Crippen molar-refractivity contribution in [3.63, 3.8) is 0 Å². The lowest BCUT2D eigenvalue weighted by Crippen LogP contribution is -2.26. The quantitative estimate of drug-likeness (QED) is 0.506. The fraction of sp³-hybridized carbons (Fsp3) is 0.316. The second-order valence-electron chi connectivity index (χ2n) is 6.50. The van der Waals surface area contributed by atoms with Crippen LogP contribution in [0.4, 0.5) is 0 Å². The number of benzene rings is 2. The van der Waals surface area contributed by atoms with E-state index in [1.54, 1.807) is 34.5 Å². The number of nitrogens with one attached hydrogen (secondary N) is 1. The van der Waals surface area contributed by atoms with Crippen molar-refractivity contribution in [3.8, 4) is 0 Å². The number of thioether (sulfide) groups is 1. The Morgan fingerprint density at radius 2 is 1.96 bits per heavy atom. The predicted molar refractivity (Wildman–Crippen MR) is 119 cm³/mol. The van der Waals surface area contributed by atoms with Crippen LogP contribution in [-0.4, -0.2) is 25.3 Å². The molecule has 1 N–H and O–H groups in total. The first-order valence-electron chi connectivity index (χ1n) is 8.75. The minimum Gasteiger partial charge on any atom is -0.296 e. The highest BCUT2D eigenvalue weighted by Crippen LogP contribution is 2.24. The summed E-state index contributed by atoms with van der Waals surface area (Å²) in [5, 5.41) is 0.719. The van der Waals surface area contributed by atoms with Gasteiger partial charge < -0.3 is 0 Å². The van der Waals surface area contributed by atoms with Gasteiger partial charge in [0, 0.05) is 29.1 Å². The molecular formula is C19H21ClN2O3S3. The predicted octanol–water partition coefficient (Wildman–Crippen LogP) is 4.51. The average molecular weight is 457 g/mol. The van der Waals surface area contributed by atoms with Gasteiger partial charge >= 0.3 is 4.87 Å². The second-order valence-corrected chi connectivity index (χ2v) is 10.8. The number of nitrogens with zero attached hydrogens (tertiary/aromatic N) is 1. The molecule has 0 radical (unpaired) electrons. The second kappa shape index (κ2) is 9.00. The molecule has 0 saturated carbocycles. The van der Waals surface area contributed by atoms with E-state index in [1.165, 1.54) is 0 Å². The summed E-state index contributed by atoms with van der Waals surface area (Å²) in [5.74, 6) is 1.35. The Labute approximate surface area is 177 Å². The van der Waals surface area contributed by atoms with Gasteiger partial charge in [0.15, 0.2) is 0 Å². The number of rotatable bonds is 8. The van der Waals surface area contributed by atoms with E-state index in [1.807, 2.05) is 38.1 Å². The van der Waals surface area contributed by atoms with Crippen LogP contribution in [0.25, 0.3) is 10.2 Å². The normalized spacial score (nSPS) is 12.1. The lowest BCUT2D eigenvalue weighted by atomic mass is 10.2. The molecule has 0 aliphatic rings. The van der Waals surface area contributed by atoms with Crippen LogP contribution in [0, 0.1) is 0 Å². The van der Waals surface area contributed by atoms with E-state index in [2.05, 4.69) is 4.72 Å². The van der Waals surface area contributed by atoms with Crippen LogP contribution in [-0.2, 0) is 15.8 Å². The van der Waals surface area contributed by atoms with E-state index < -0.39 is 10.0 Å². The Morgan fingerprint density at radius 3 is 2.68 bits per heavy atom. The SMILES string of the molecule is CC(C)n1c(=O)sc2cc(S(=O)(=O)NCCSCc3ccccc3Cl)ccc21. The number of aromatic nitrogens is 1. The van der Waals surface area contributed by atoms with Gasteiger partial charge in [-0.15, -0.1) is 0 Å². The Bertz CT molecular complexity index is 1140. The molecule has 0 atom stereocenters. The molecule has 1 aromatic heterocycles. The van der Waals surface area contributed by atoms with Gasteiger partial charge in [-0.3, -0.25) is 9.36 Å². The van der Waals surface area contributed by atoms with E-state index >= 15 is 0 Å². The summed E-state index contributed by atoms with van der Waals surface area (Å²) in [6.45, 7) is 4.18. The largest absolute Gasteiger partial charge is 0.308 e. The van der Waals surface area contributed by atoms with Crippen molar-refractivity contribution in [1.29, 1.82) is 0 Å². The van der Waals surface area contributed by atoms with Crippen LogP contribution in [0.15, 0.2) is 52.2 Å². The third-order valence-electron chi connectivity index (χ3n) is 4.17. The monoisotopic (exact) mass is 456 g/mol. The molecule has 0 fully saturated rings. The molecule has 0 aliphatic carbocycles. The van der Waals surface area contributed by atoms with Gasteiger partial charge in [-0.2, -0.15) is 11.8 Å². The summed E-state index contributed by atoms with van der Waals surface area (Å²) >= 11 is 8.80. The van der Waals surface area contributed by atoms with Crippen molar-refractivity contribution in [2.75, 3.05) is 12.3 Å². The highest BCUT2D eigenvalue weighted by atomic mass is 35.5. The third kappa shape index (κ3) is 4.80. The molecule has 0 amide bonds. The van der Waals surface area contributed by atoms with Gasteiger partial charge in [0.2, 0.25) is 10.0 Å². The van der Waals surface area contributed by atoms with Crippen LogP contribution < -0.4 is 9.60 Å². The van der Waals surface area contributed by atoms with E-state index in [-0.39, 0.29) is 15.8 Å². The van der Waals surface area contributed by atoms with Gasteiger partial charge in [-0.1, -0.05) is 41.1 Å². The van der Waals surface area contributed by atoms with Crippen molar-refractivity contribution in [2.24, 2.45) is 0 Å². The molecular weight excluding hydrogens is 436 g/mol. The molecule has 0 spiro atoms. The molecule has 3 aromatic rings. The molecule has 5 nitrogen and oxygen atoms in total. The minimum atomic E-state index is -3.62. The first-order chi connectivity index (χ1) is 13.3. The van der Waals surface area contributed by atoms with Gasteiger partial charge in [0.05, 0.1) is 15.1 Å². The van der Waals surface area contributed by atoms with Crippen molar-refractivity contribution in [1.82, 2.24) is 9.29 Å². The van der Waals surface area contributed by atoms with Crippen molar-refractivity contribution in [2.45, 2.75) is 30.5 Å². The van der Waals surface area contributed by atoms with Gasteiger partial charge in [0.1, 0.15) is 0 Å². The fourth-order valence-electron chi connectivity index (χ4n) is 2.80. The Morgan fingerprint density at radius 1 is 1.21 bits per heavy atom. The molecule has 0 aliphatic heterocycles. The average Bonchev–Trinajstić information content (AvgIpc) is 2.97. The highest BCUT2D eigenvalue weighted by Gasteiger charge is 2.17. The topological polar surface area (TPSA) is 68.2 Å². The lowest BCUT2D eigenvalue weighted by Gasteiger charge is -2.09. The summed E-state index contributed by atoms with van der Waals surface area (Å²) in [4.78, 5) is 12.2. The van der Waals surface area contributed by atoms with Gasteiger partial charge in [0.25, 0.3) is 0 Å². The number of fused-ring (bicyclic) bond motifs is 1. The number of hydrogen-bond acceptors (Lipinski definition) is 5. The van der Waals surface area contributed by atoms with Gasteiger partial charge in [-0.25, -0.2) is 13.1 Å². The fourth-order valence-corrected chi connectivity index (χ4v) is 6.26. The Hall–Kier alpha value is -1.32. The van der Waals surface area contributed by atoms with Crippen molar-refractivity contribution < 1.29 is 8.42 Å². The summed E-state index contributed by atoms with van der Waals surface area (Å²) in [7, 11) is -3.62. The zero-order valence-electron chi connectivity index (χ0n) is 15.5. The lowest BCUT2D eigenvalue weighted by molar-refractivity contribution is 0.584. The molecule has 0 unspecified atom stereocenters. The zero-order valence-corrected chi connectivity index (χ0v) is 18.7. The van der Waals surface area contributed by atoms with Crippen LogP contribution in [0.1, 0.15) is 25.5 Å². The molecule has 1 heterocycles.